The molecule has 0 heterocycles. The van der Waals surface area contributed by atoms with Crippen molar-refractivity contribution >= 4 is 0 Å². The maximum atomic E-state index is 9.36. The molecule has 3 nitrogen and oxygen atoms in total. The van der Waals surface area contributed by atoms with Crippen molar-refractivity contribution in [2.75, 3.05) is 33.7 Å². The van der Waals surface area contributed by atoms with Gasteiger partial charge in [-0.3, -0.25) is 0 Å². The van der Waals surface area contributed by atoms with Crippen LogP contribution in [0.2, 0.25) is 0 Å². The van der Waals surface area contributed by atoms with Crippen molar-refractivity contribution in [3.8, 4) is 0 Å². The van der Waals surface area contributed by atoms with E-state index < -0.39 is 0 Å². The van der Waals surface area contributed by atoms with Gasteiger partial charge >= 0.3 is 0 Å². The Morgan fingerprint density at radius 1 is 1.22 bits per heavy atom. The summed E-state index contributed by atoms with van der Waals surface area (Å²) in [5.74, 6) is 0.736. The third-order valence-corrected chi connectivity index (χ3v) is 4.85. The van der Waals surface area contributed by atoms with Gasteiger partial charge in [0.15, 0.2) is 0 Å². The van der Waals surface area contributed by atoms with Gasteiger partial charge in [0.05, 0.1) is 6.10 Å². The average molecular weight is 254 g/mol. The van der Waals surface area contributed by atoms with Crippen LogP contribution in [-0.2, 0) is 0 Å². The van der Waals surface area contributed by atoms with Gasteiger partial charge in [0.25, 0.3) is 0 Å². The van der Waals surface area contributed by atoms with E-state index in [1.807, 2.05) is 0 Å². The molecule has 18 heavy (non-hydrogen) atoms. The Bertz CT molecular complexity index is 239. The topological polar surface area (TPSA) is 35.5 Å². The van der Waals surface area contributed by atoms with Crippen molar-refractivity contribution in [2.45, 2.75) is 51.0 Å². The lowest BCUT2D eigenvalue weighted by molar-refractivity contribution is 0.0182. The first kappa shape index (κ1) is 14.3. The van der Waals surface area contributed by atoms with E-state index in [0.717, 1.165) is 25.3 Å². The lowest BCUT2D eigenvalue weighted by Gasteiger charge is -2.42. The molecule has 3 heteroatoms. The van der Waals surface area contributed by atoms with Crippen LogP contribution in [0.1, 0.15) is 44.9 Å². The fourth-order valence-electron chi connectivity index (χ4n) is 4.00. The van der Waals surface area contributed by atoms with Gasteiger partial charge in [-0.1, -0.05) is 19.3 Å². The highest BCUT2D eigenvalue weighted by molar-refractivity contribution is 4.88. The standard InChI is InChI=1S/C15H30N2O/c1-16-11-15(6-4-3-5-7-15)12-17(2)10-13-8-14(18)9-13/h13-14,16,18H,3-12H2,1-2H3. The van der Waals surface area contributed by atoms with E-state index in [1.165, 1.54) is 45.2 Å². The number of hydrogen-bond donors (Lipinski definition) is 2. The number of nitrogens with one attached hydrogen (secondary N) is 1. The highest BCUT2D eigenvalue weighted by Crippen LogP contribution is 2.37. The SMILES string of the molecule is CNCC1(CN(C)CC2CC(O)C2)CCCCC1. The first-order chi connectivity index (χ1) is 8.63. The van der Waals surface area contributed by atoms with Crippen molar-refractivity contribution < 1.29 is 5.11 Å². The van der Waals surface area contributed by atoms with Crippen molar-refractivity contribution in [3.63, 3.8) is 0 Å². The largest absolute Gasteiger partial charge is 0.393 e. The van der Waals surface area contributed by atoms with E-state index in [4.69, 9.17) is 0 Å². The highest BCUT2D eigenvalue weighted by Gasteiger charge is 2.34. The Labute approximate surface area is 112 Å². The van der Waals surface area contributed by atoms with Gasteiger partial charge in [-0.15, -0.1) is 0 Å². The summed E-state index contributed by atoms with van der Waals surface area (Å²) in [6.45, 7) is 3.55. The molecular weight excluding hydrogens is 224 g/mol. The molecule has 2 saturated carbocycles. The fraction of sp³-hybridized carbons (Fsp3) is 1.00. The van der Waals surface area contributed by atoms with Gasteiger partial charge in [-0.05, 0) is 51.1 Å². The maximum Gasteiger partial charge on any atom is 0.0546 e. The van der Waals surface area contributed by atoms with Gasteiger partial charge in [0, 0.05) is 19.6 Å². The monoisotopic (exact) mass is 254 g/mol. The van der Waals surface area contributed by atoms with Crippen molar-refractivity contribution in [2.24, 2.45) is 11.3 Å². The third-order valence-electron chi connectivity index (χ3n) is 4.85. The Hall–Kier alpha value is -0.120. The molecule has 0 aromatic carbocycles. The summed E-state index contributed by atoms with van der Waals surface area (Å²) in [5.41, 5.74) is 0.504. The second-order valence-corrected chi connectivity index (χ2v) is 6.78. The van der Waals surface area contributed by atoms with Gasteiger partial charge in [-0.2, -0.15) is 0 Å². The zero-order valence-electron chi connectivity index (χ0n) is 12.1. The molecule has 0 bridgehead atoms. The minimum atomic E-state index is -0.00986. The quantitative estimate of drug-likeness (QED) is 0.759. The summed E-state index contributed by atoms with van der Waals surface area (Å²) in [6.07, 6.45) is 9.01. The molecule has 0 spiro atoms. The average Bonchev–Trinajstić information content (AvgIpc) is 2.28. The minimum Gasteiger partial charge on any atom is -0.393 e. The van der Waals surface area contributed by atoms with E-state index in [-0.39, 0.29) is 6.10 Å². The van der Waals surface area contributed by atoms with Crippen LogP contribution in [0.15, 0.2) is 0 Å². The molecule has 0 aliphatic heterocycles. The Kier molecular flexibility index (Phi) is 5.05. The number of nitrogens with zero attached hydrogens (tertiary/aromatic N) is 1. The van der Waals surface area contributed by atoms with E-state index in [1.54, 1.807) is 0 Å². The first-order valence-electron chi connectivity index (χ1n) is 7.65. The van der Waals surface area contributed by atoms with Crippen LogP contribution in [0.3, 0.4) is 0 Å². The normalized spacial score (nSPS) is 31.3. The number of hydrogen-bond acceptors (Lipinski definition) is 3. The van der Waals surface area contributed by atoms with E-state index in [0.29, 0.717) is 5.41 Å². The van der Waals surface area contributed by atoms with Crippen molar-refractivity contribution in [3.05, 3.63) is 0 Å². The fourth-order valence-corrected chi connectivity index (χ4v) is 4.00. The molecule has 2 rings (SSSR count). The highest BCUT2D eigenvalue weighted by atomic mass is 16.3. The van der Waals surface area contributed by atoms with E-state index in [9.17, 15) is 5.11 Å². The zero-order chi connectivity index (χ0) is 13.0. The summed E-state index contributed by atoms with van der Waals surface area (Å²) >= 11 is 0. The van der Waals surface area contributed by atoms with Crippen LogP contribution >= 0.6 is 0 Å². The number of aliphatic hydroxyl groups is 1. The predicted octanol–water partition coefficient (Wildman–Crippen LogP) is 1.86. The van der Waals surface area contributed by atoms with E-state index in [2.05, 4.69) is 24.3 Å². The summed E-state index contributed by atoms with van der Waals surface area (Å²) in [5, 5.41) is 12.8. The smallest absolute Gasteiger partial charge is 0.0546 e. The Morgan fingerprint density at radius 2 is 1.89 bits per heavy atom. The molecule has 2 N–H and O–H groups in total. The summed E-state index contributed by atoms with van der Waals surface area (Å²) in [7, 11) is 4.34. The number of aliphatic hydroxyl groups excluding tert-OH is 1. The second kappa shape index (κ2) is 6.36. The summed E-state index contributed by atoms with van der Waals surface area (Å²) < 4.78 is 0. The molecule has 0 aromatic rings. The van der Waals surface area contributed by atoms with Crippen LogP contribution in [0.5, 0.6) is 0 Å². The third kappa shape index (κ3) is 3.69. The van der Waals surface area contributed by atoms with Crippen LogP contribution in [0.4, 0.5) is 0 Å². The second-order valence-electron chi connectivity index (χ2n) is 6.78. The molecule has 0 unspecified atom stereocenters. The molecule has 2 aliphatic rings. The van der Waals surface area contributed by atoms with E-state index >= 15 is 0 Å². The Morgan fingerprint density at radius 3 is 2.44 bits per heavy atom. The summed E-state index contributed by atoms with van der Waals surface area (Å²) in [4.78, 5) is 2.51. The molecule has 106 valence electrons. The first-order valence-corrected chi connectivity index (χ1v) is 7.65. The van der Waals surface area contributed by atoms with Gasteiger partial charge in [0.2, 0.25) is 0 Å². The van der Waals surface area contributed by atoms with Crippen LogP contribution in [0.25, 0.3) is 0 Å². The molecule has 0 amide bonds. The lowest BCUT2D eigenvalue weighted by atomic mass is 9.73. The van der Waals surface area contributed by atoms with Crippen LogP contribution in [0, 0.1) is 11.3 Å². The number of rotatable bonds is 6. The van der Waals surface area contributed by atoms with Crippen molar-refractivity contribution in [1.29, 1.82) is 0 Å². The lowest BCUT2D eigenvalue weighted by Crippen LogP contribution is -2.46. The van der Waals surface area contributed by atoms with Crippen LogP contribution < -0.4 is 5.32 Å². The molecule has 2 fully saturated rings. The van der Waals surface area contributed by atoms with Crippen molar-refractivity contribution in [1.82, 2.24) is 10.2 Å². The predicted molar refractivity (Wildman–Crippen MR) is 75.7 cm³/mol. The van der Waals surface area contributed by atoms with Gasteiger partial charge < -0.3 is 15.3 Å². The maximum absolute atomic E-state index is 9.36. The molecule has 0 atom stereocenters. The Balaban J connectivity index is 1.79. The molecule has 0 aromatic heterocycles. The van der Waals surface area contributed by atoms with Gasteiger partial charge in [0.1, 0.15) is 0 Å². The summed E-state index contributed by atoms with van der Waals surface area (Å²) in [6, 6.07) is 0. The molecule has 0 saturated heterocycles. The van der Waals surface area contributed by atoms with Crippen LogP contribution in [-0.4, -0.2) is 49.8 Å². The molecule has 0 radical (unpaired) electrons. The minimum absolute atomic E-state index is 0.00986. The zero-order valence-corrected chi connectivity index (χ0v) is 12.1. The van der Waals surface area contributed by atoms with Gasteiger partial charge in [-0.25, -0.2) is 0 Å². The molecular formula is C15H30N2O. The molecule has 2 aliphatic carbocycles.